The Balaban J connectivity index is 1.79. The third-order valence-corrected chi connectivity index (χ3v) is 4.61. The van der Waals surface area contributed by atoms with Crippen molar-refractivity contribution in [3.63, 3.8) is 0 Å². The van der Waals surface area contributed by atoms with Gasteiger partial charge in [-0.05, 0) is 52.2 Å². The van der Waals surface area contributed by atoms with E-state index < -0.39 is 6.04 Å². The molecule has 0 aromatic heterocycles. The number of hydrogen-bond acceptors (Lipinski definition) is 3. The summed E-state index contributed by atoms with van der Waals surface area (Å²) < 4.78 is 0.731. The highest BCUT2D eigenvalue weighted by atomic mass is 79.9. The van der Waals surface area contributed by atoms with Crippen molar-refractivity contribution in [3.05, 3.63) is 58.6 Å². The Kier molecular flexibility index (Phi) is 4.48. The van der Waals surface area contributed by atoms with Crippen LogP contribution in [0.15, 0.2) is 53.0 Å². The number of imide groups is 1. The highest BCUT2D eigenvalue weighted by Crippen LogP contribution is 2.31. The molecule has 0 saturated carbocycles. The summed E-state index contributed by atoms with van der Waals surface area (Å²) in [7, 11) is 0. The molecule has 1 heterocycles. The number of rotatable bonds is 4. The molecule has 23 heavy (non-hydrogen) atoms. The predicted octanol–water partition coefficient (Wildman–Crippen LogP) is 3.76. The maximum atomic E-state index is 12.6. The second-order valence-electron chi connectivity index (χ2n) is 5.47. The van der Waals surface area contributed by atoms with E-state index in [0.29, 0.717) is 5.69 Å². The quantitative estimate of drug-likeness (QED) is 0.831. The van der Waals surface area contributed by atoms with Gasteiger partial charge in [-0.15, -0.1) is 0 Å². The molecule has 1 aliphatic rings. The van der Waals surface area contributed by atoms with Gasteiger partial charge < -0.3 is 5.32 Å². The molecule has 1 atom stereocenters. The van der Waals surface area contributed by atoms with Gasteiger partial charge in [-0.25, -0.2) is 4.90 Å². The van der Waals surface area contributed by atoms with Crippen molar-refractivity contribution in [2.75, 3.05) is 10.2 Å². The summed E-state index contributed by atoms with van der Waals surface area (Å²) in [5, 5.41) is 3.16. The van der Waals surface area contributed by atoms with Crippen LogP contribution in [0.3, 0.4) is 0 Å². The average molecular weight is 373 g/mol. The highest BCUT2D eigenvalue weighted by Gasteiger charge is 2.40. The fourth-order valence-electron chi connectivity index (χ4n) is 2.67. The third kappa shape index (κ3) is 3.15. The minimum atomic E-state index is -0.526. The Labute approximate surface area is 143 Å². The molecular formula is C18H17BrN2O2. The first-order valence-electron chi connectivity index (χ1n) is 7.57. The van der Waals surface area contributed by atoms with E-state index in [-0.39, 0.29) is 18.2 Å². The van der Waals surface area contributed by atoms with Crippen molar-refractivity contribution in [2.24, 2.45) is 0 Å². The van der Waals surface area contributed by atoms with Crippen LogP contribution in [-0.2, 0) is 16.0 Å². The molecule has 2 aromatic rings. The lowest BCUT2D eigenvalue weighted by molar-refractivity contribution is -0.121. The van der Waals surface area contributed by atoms with Crippen molar-refractivity contribution in [3.8, 4) is 0 Å². The smallest absolute Gasteiger partial charge is 0.256 e. The summed E-state index contributed by atoms with van der Waals surface area (Å²) in [6, 6.07) is 14.6. The zero-order valence-electron chi connectivity index (χ0n) is 12.8. The van der Waals surface area contributed by atoms with Crippen LogP contribution in [0.1, 0.15) is 18.9 Å². The van der Waals surface area contributed by atoms with Gasteiger partial charge in [-0.3, -0.25) is 9.59 Å². The monoisotopic (exact) mass is 372 g/mol. The van der Waals surface area contributed by atoms with Crippen LogP contribution >= 0.6 is 15.9 Å². The summed E-state index contributed by atoms with van der Waals surface area (Å²) in [5.74, 6) is -0.411. The second kappa shape index (κ2) is 6.54. The molecule has 1 aliphatic heterocycles. The van der Waals surface area contributed by atoms with E-state index in [4.69, 9.17) is 0 Å². The molecule has 0 spiro atoms. The number of anilines is 2. The van der Waals surface area contributed by atoms with Crippen LogP contribution < -0.4 is 10.2 Å². The molecule has 118 valence electrons. The molecule has 1 saturated heterocycles. The molecule has 4 nitrogen and oxygen atoms in total. The van der Waals surface area contributed by atoms with Crippen molar-refractivity contribution in [2.45, 2.75) is 25.8 Å². The lowest BCUT2D eigenvalue weighted by Gasteiger charge is -2.17. The van der Waals surface area contributed by atoms with Crippen molar-refractivity contribution >= 4 is 39.1 Å². The molecule has 0 bridgehead atoms. The summed E-state index contributed by atoms with van der Waals surface area (Å²) in [4.78, 5) is 26.2. The topological polar surface area (TPSA) is 49.4 Å². The van der Waals surface area contributed by atoms with Gasteiger partial charge in [0.25, 0.3) is 5.91 Å². The summed E-state index contributed by atoms with van der Waals surface area (Å²) in [6.45, 7) is 2.09. The molecule has 0 radical (unpaired) electrons. The highest BCUT2D eigenvalue weighted by molar-refractivity contribution is 9.10. The summed E-state index contributed by atoms with van der Waals surface area (Å²) in [5.41, 5.74) is 2.68. The standard InChI is InChI=1S/C18H17BrN2O2/c1-2-12-7-9-13(10-8-12)20-15-11-17(22)21(18(15)23)16-6-4-3-5-14(16)19/h3-10,15,20H,2,11H2,1H3. The average Bonchev–Trinajstić information content (AvgIpc) is 2.83. The number of nitrogens with one attached hydrogen (secondary N) is 1. The SMILES string of the molecule is CCc1ccc(NC2CC(=O)N(c3ccccc3Br)C2=O)cc1. The zero-order valence-corrected chi connectivity index (χ0v) is 14.3. The Morgan fingerprint density at radius 1 is 1.13 bits per heavy atom. The third-order valence-electron chi connectivity index (χ3n) is 3.94. The largest absolute Gasteiger partial charge is 0.373 e. The molecule has 1 unspecified atom stereocenters. The van der Waals surface area contributed by atoms with Crippen LogP contribution in [-0.4, -0.2) is 17.9 Å². The predicted molar refractivity (Wildman–Crippen MR) is 94.5 cm³/mol. The van der Waals surface area contributed by atoms with E-state index in [1.807, 2.05) is 42.5 Å². The molecule has 1 fully saturated rings. The van der Waals surface area contributed by atoms with Gasteiger partial charge in [-0.1, -0.05) is 31.2 Å². The lowest BCUT2D eigenvalue weighted by Crippen LogP contribution is -2.35. The fraction of sp³-hybridized carbons (Fsp3) is 0.222. The first-order valence-corrected chi connectivity index (χ1v) is 8.36. The first-order chi connectivity index (χ1) is 11.1. The van der Waals surface area contributed by atoms with Crippen molar-refractivity contribution in [1.82, 2.24) is 0 Å². The zero-order chi connectivity index (χ0) is 16.4. The first kappa shape index (κ1) is 15.7. The number of para-hydroxylation sites is 1. The maximum Gasteiger partial charge on any atom is 0.256 e. The van der Waals surface area contributed by atoms with Gasteiger partial charge in [0.05, 0.1) is 12.1 Å². The van der Waals surface area contributed by atoms with Crippen molar-refractivity contribution in [1.29, 1.82) is 0 Å². The molecule has 5 heteroatoms. The number of carbonyl (C=O) groups excluding carboxylic acids is 2. The molecular weight excluding hydrogens is 356 g/mol. The number of carbonyl (C=O) groups is 2. The Morgan fingerprint density at radius 3 is 2.48 bits per heavy atom. The Hall–Kier alpha value is -2.14. The van der Waals surface area contributed by atoms with Crippen LogP contribution in [0.2, 0.25) is 0 Å². The van der Waals surface area contributed by atoms with Gasteiger partial charge >= 0.3 is 0 Å². The molecule has 1 N–H and O–H groups in total. The maximum absolute atomic E-state index is 12.6. The van der Waals surface area contributed by atoms with E-state index in [1.165, 1.54) is 10.5 Å². The van der Waals surface area contributed by atoms with E-state index in [9.17, 15) is 9.59 Å². The van der Waals surface area contributed by atoms with Gasteiger partial charge in [0.2, 0.25) is 5.91 Å². The minimum Gasteiger partial charge on any atom is -0.373 e. The summed E-state index contributed by atoms with van der Waals surface area (Å²) >= 11 is 3.40. The Morgan fingerprint density at radius 2 is 1.83 bits per heavy atom. The van der Waals surface area contributed by atoms with Gasteiger partial charge in [0.15, 0.2) is 0 Å². The Bertz CT molecular complexity index is 743. The summed E-state index contributed by atoms with van der Waals surface area (Å²) in [6.07, 6.45) is 1.13. The van der Waals surface area contributed by atoms with E-state index >= 15 is 0 Å². The number of halogens is 1. The van der Waals surface area contributed by atoms with Gasteiger partial charge in [0, 0.05) is 10.2 Å². The molecule has 2 aromatic carbocycles. The van der Waals surface area contributed by atoms with Crippen LogP contribution in [0.4, 0.5) is 11.4 Å². The van der Waals surface area contributed by atoms with Crippen molar-refractivity contribution < 1.29 is 9.59 Å². The van der Waals surface area contributed by atoms with Gasteiger partial charge in [0.1, 0.15) is 6.04 Å². The number of benzene rings is 2. The molecule has 0 aliphatic carbocycles. The van der Waals surface area contributed by atoms with Crippen LogP contribution in [0.25, 0.3) is 0 Å². The number of hydrogen-bond donors (Lipinski definition) is 1. The van der Waals surface area contributed by atoms with E-state index in [1.54, 1.807) is 6.07 Å². The number of aryl methyl sites for hydroxylation is 1. The minimum absolute atomic E-state index is 0.162. The van der Waals surface area contributed by atoms with E-state index in [0.717, 1.165) is 16.6 Å². The fourth-order valence-corrected chi connectivity index (χ4v) is 3.13. The lowest BCUT2D eigenvalue weighted by atomic mass is 10.1. The second-order valence-corrected chi connectivity index (χ2v) is 6.32. The van der Waals surface area contributed by atoms with E-state index in [2.05, 4.69) is 28.2 Å². The molecule has 2 amide bonds. The van der Waals surface area contributed by atoms with Gasteiger partial charge in [-0.2, -0.15) is 0 Å². The van der Waals surface area contributed by atoms with Crippen LogP contribution in [0, 0.1) is 0 Å². The number of nitrogens with zero attached hydrogens (tertiary/aromatic N) is 1. The van der Waals surface area contributed by atoms with Crippen LogP contribution in [0.5, 0.6) is 0 Å². The number of amides is 2. The normalized spacial score (nSPS) is 17.7. The molecule has 3 rings (SSSR count).